The normalized spacial score (nSPS) is 17.6. The molecule has 3 nitrogen and oxygen atoms in total. The third-order valence-corrected chi connectivity index (χ3v) is 1.41. The smallest absolute Gasteiger partial charge is 0.132 e. The van der Waals surface area contributed by atoms with Crippen LogP contribution in [0.15, 0.2) is 0 Å². The first kappa shape index (κ1) is 11.4. The lowest BCUT2D eigenvalue weighted by Crippen LogP contribution is -2.02. The topological polar surface area (TPSA) is 83.6 Å². The summed E-state index contributed by atoms with van der Waals surface area (Å²) >= 11 is 0. The second-order valence-corrected chi connectivity index (χ2v) is 2.10. The fraction of sp³-hybridized carbons (Fsp3) is 0.833. The molecule has 1 aliphatic rings. The Labute approximate surface area is 55.3 Å². The summed E-state index contributed by atoms with van der Waals surface area (Å²) in [7, 11) is 0. The van der Waals surface area contributed by atoms with Crippen LogP contribution in [-0.2, 0) is 4.79 Å². The lowest BCUT2D eigenvalue weighted by molar-refractivity contribution is -0.120. The van der Waals surface area contributed by atoms with Gasteiger partial charge in [0, 0.05) is 12.8 Å². The van der Waals surface area contributed by atoms with E-state index < -0.39 is 0 Å². The molecule has 1 saturated carbocycles. The highest BCUT2D eigenvalue weighted by Gasteiger charge is 2.05. The number of ketones is 1. The van der Waals surface area contributed by atoms with Crippen molar-refractivity contribution >= 4 is 5.78 Å². The molecule has 0 aromatic heterocycles. The molecule has 9 heavy (non-hydrogen) atoms. The number of carbonyl (C=O) groups excluding carboxylic acids is 1. The van der Waals surface area contributed by atoms with Crippen molar-refractivity contribution in [2.45, 2.75) is 32.1 Å². The molecule has 0 heterocycles. The van der Waals surface area contributed by atoms with Gasteiger partial charge in [-0.15, -0.1) is 0 Å². The van der Waals surface area contributed by atoms with Crippen molar-refractivity contribution in [1.82, 2.24) is 6.15 Å². The van der Waals surface area contributed by atoms with E-state index >= 15 is 0 Å². The average Bonchev–Trinajstić information content (AvgIpc) is 1.69. The molecule has 0 atom stereocenters. The van der Waals surface area contributed by atoms with Crippen LogP contribution in [0.2, 0.25) is 0 Å². The minimum Gasteiger partial charge on any atom is -0.412 e. The molecule has 3 heteroatoms. The van der Waals surface area contributed by atoms with Crippen LogP contribution in [0.5, 0.6) is 0 Å². The number of carbonyl (C=O) groups is 1. The van der Waals surface area contributed by atoms with Crippen LogP contribution >= 0.6 is 0 Å². The molecule has 0 spiro atoms. The van der Waals surface area contributed by atoms with Crippen LogP contribution < -0.4 is 6.15 Å². The molecule has 0 amide bonds. The first-order valence-corrected chi connectivity index (χ1v) is 2.91. The van der Waals surface area contributed by atoms with Gasteiger partial charge >= 0.3 is 0 Å². The zero-order valence-electron chi connectivity index (χ0n) is 5.65. The second kappa shape index (κ2) is 5.72. The summed E-state index contributed by atoms with van der Waals surface area (Å²) in [4.78, 5) is 10.5. The van der Waals surface area contributed by atoms with Gasteiger partial charge in [0.2, 0.25) is 0 Å². The molecule has 0 aliphatic heterocycles. The first-order chi connectivity index (χ1) is 3.39. The Morgan fingerprint density at radius 2 is 1.44 bits per heavy atom. The fourth-order valence-electron chi connectivity index (χ4n) is 0.946. The highest BCUT2D eigenvalue weighted by atomic mass is 16.1. The maximum absolute atomic E-state index is 10.5. The summed E-state index contributed by atoms with van der Waals surface area (Å²) in [6.45, 7) is 0. The Balaban J connectivity index is 0. The van der Waals surface area contributed by atoms with Gasteiger partial charge in [0.25, 0.3) is 0 Å². The van der Waals surface area contributed by atoms with Crippen LogP contribution in [0, 0.1) is 0 Å². The molecule has 0 bridgehead atoms. The molecular formula is C6H15NO2. The largest absolute Gasteiger partial charge is 0.412 e. The van der Waals surface area contributed by atoms with Crippen molar-refractivity contribution in [3.05, 3.63) is 0 Å². The predicted octanol–water partition coefficient (Wildman–Crippen LogP) is 0.857. The Bertz CT molecular complexity index is 75.1. The number of hydrogen-bond acceptors (Lipinski definition) is 2. The van der Waals surface area contributed by atoms with Gasteiger partial charge < -0.3 is 11.6 Å². The quantitative estimate of drug-likeness (QED) is 0.531. The van der Waals surface area contributed by atoms with Crippen molar-refractivity contribution in [2.24, 2.45) is 0 Å². The molecule has 0 aromatic rings. The molecule has 56 valence electrons. The molecule has 1 fully saturated rings. The molecule has 0 aromatic carbocycles. The van der Waals surface area contributed by atoms with E-state index in [-0.39, 0.29) is 11.6 Å². The summed E-state index contributed by atoms with van der Waals surface area (Å²) < 4.78 is 0. The van der Waals surface area contributed by atoms with Crippen LogP contribution in [0.25, 0.3) is 0 Å². The van der Waals surface area contributed by atoms with E-state index in [0.717, 1.165) is 25.7 Å². The molecule has 0 unspecified atom stereocenters. The molecule has 0 radical (unpaired) electrons. The van der Waals surface area contributed by atoms with Gasteiger partial charge in [-0.05, 0) is 12.8 Å². The van der Waals surface area contributed by atoms with Crippen molar-refractivity contribution in [3.8, 4) is 0 Å². The lowest BCUT2D eigenvalue weighted by Gasteiger charge is -2.05. The Morgan fingerprint density at radius 1 is 1.00 bits per heavy atom. The molecular weight excluding hydrogens is 118 g/mol. The van der Waals surface area contributed by atoms with E-state index in [2.05, 4.69) is 0 Å². The minimum atomic E-state index is 0. The summed E-state index contributed by atoms with van der Waals surface area (Å²) in [6, 6.07) is 0. The van der Waals surface area contributed by atoms with E-state index in [1.807, 2.05) is 0 Å². The summed E-state index contributed by atoms with van der Waals surface area (Å²) in [5.74, 6) is 0.464. The van der Waals surface area contributed by atoms with Gasteiger partial charge in [-0.3, -0.25) is 4.79 Å². The summed E-state index contributed by atoms with van der Waals surface area (Å²) in [6.07, 6.45) is 5.24. The zero-order chi connectivity index (χ0) is 5.11. The van der Waals surface area contributed by atoms with E-state index in [0.29, 0.717) is 5.78 Å². The van der Waals surface area contributed by atoms with Gasteiger partial charge in [0.05, 0.1) is 0 Å². The van der Waals surface area contributed by atoms with E-state index in [9.17, 15) is 4.79 Å². The highest BCUT2D eigenvalue weighted by molar-refractivity contribution is 5.78. The van der Waals surface area contributed by atoms with Crippen LogP contribution in [0.4, 0.5) is 0 Å². The fourth-order valence-corrected chi connectivity index (χ4v) is 0.946. The third kappa shape index (κ3) is 4.12. The summed E-state index contributed by atoms with van der Waals surface area (Å²) in [5.41, 5.74) is 0. The van der Waals surface area contributed by atoms with Gasteiger partial charge in [0.1, 0.15) is 5.78 Å². The van der Waals surface area contributed by atoms with E-state index in [1.54, 1.807) is 0 Å². The first-order valence-electron chi connectivity index (χ1n) is 2.91. The van der Waals surface area contributed by atoms with Crippen LogP contribution in [0.3, 0.4) is 0 Å². The van der Waals surface area contributed by atoms with Crippen molar-refractivity contribution in [3.63, 3.8) is 0 Å². The van der Waals surface area contributed by atoms with Crippen molar-refractivity contribution in [2.75, 3.05) is 0 Å². The second-order valence-electron chi connectivity index (χ2n) is 2.10. The maximum atomic E-state index is 10.5. The third-order valence-electron chi connectivity index (χ3n) is 1.41. The van der Waals surface area contributed by atoms with Crippen LogP contribution in [-0.4, -0.2) is 11.3 Å². The maximum Gasteiger partial charge on any atom is 0.132 e. The molecule has 1 rings (SSSR count). The minimum absolute atomic E-state index is 0. The Kier molecular flexibility index (Phi) is 7.24. The summed E-state index contributed by atoms with van der Waals surface area (Å²) in [5, 5.41) is 0. The van der Waals surface area contributed by atoms with E-state index in [4.69, 9.17) is 0 Å². The van der Waals surface area contributed by atoms with Gasteiger partial charge in [0.15, 0.2) is 0 Å². The average molecular weight is 133 g/mol. The Hall–Kier alpha value is -0.410. The number of rotatable bonds is 0. The lowest BCUT2D eigenvalue weighted by atomic mass is 10.00. The van der Waals surface area contributed by atoms with Crippen molar-refractivity contribution in [1.29, 1.82) is 0 Å². The zero-order valence-corrected chi connectivity index (χ0v) is 5.65. The predicted molar refractivity (Wildman–Crippen MR) is 36.7 cm³/mol. The monoisotopic (exact) mass is 133 g/mol. The van der Waals surface area contributed by atoms with Crippen LogP contribution in [0.1, 0.15) is 32.1 Å². The molecule has 5 N–H and O–H groups in total. The van der Waals surface area contributed by atoms with Crippen molar-refractivity contribution < 1.29 is 10.3 Å². The SMILES string of the molecule is N.O.O=C1CCCCC1. The standard InChI is InChI=1S/C6H10O.H3N.H2O/c7-6-4-2-1-3-5-6;;/h1-5H2;1H3;1H2. The van der Waals surface area contributed by atoms with Gasteiger partial charge in [-0.1, -0.05) is 6.42 Å². The Morgan fingerprint density at radius 3 is 1.67 bits per heavy atom. The number of hydrogen-bond donors (Lipinski definition) is 1. The highest BCUT2D eigenvalue weighted by Crippen LogP contribution is 2.12. The van der Waals surface area contributed by atoms with Gasteiger partial charge in [-0.25, -0.2) is 0 Å². The van der Waals surface area contributed by atoms with E-state index in [1.165, 1.54) is 6.42 Å². The molecule has 1 aliphatic carbocycles. The van der Waals surface area contributed by atoms with Gasteiger partial charge in [-0.2, -0.15) is 0 Å². The number of Topliss-reactive ketones (excluding diaryl/α,β-unsaturated/α-hetero) is 1. The molecule has 0 saturated heterocycles.